The van der Waals surface area contributed by atoms with Crippen molar-refractivity contribution in [2.45, 2.75) is 46.2 Å². The number of carbonyl (C=O) groups is 1. The van der Waals surface area contributed by atoms with Crippen molar-refractivity contribution in [2.24, 2.45) is 20.0 Å². The van der Waals surface area contributed by atoms with Crippen LogP contribution >= 0.6 is 0 Å². The lowest BCUT2D eigenvalue weighted by Crippen LogP contribution is -2.38. The number of fused-ring (bicyclic) bond motifs is 1. The molecule has 0 aromatic carbocycles. The monoisotopic (exact) mass is 361 g/mol. The van der Waals surface area contributed by atoms with E-state index in [1.165, 1.54) is 25.0 Å². The summed E-state index contributed by atoms with van der Waals surface area (Å²) in [5.74, 6) is 1.23. The Bertz CT molecular complexity index is 968. The molecule has 3 rings (SSSR count). The topological polar surface area (TPSA) is 82.1 Å². The Morgan fingerprint density at radius 3 is 2.58 bits per heavy atom. The van der Waals surface area contributed by atoms with Crippen molar-refractivity contribution in [2.75, 3.05) is 13.1 Å². The summed E-state index contributed by atoms with van der Waals surface area (Å²) in [5.41, 5.74) is -0.175. The first-order chi connectivity index (χ1) is 12.2. The first-order valence-electron chi connectivity index (χ1n) is 9.12. The van der Waals surface area contributed by atoms with Gasteiger partial charge in [-0.2, -0.15) is 0 Å². The highest BCUT2D eigenvalue weighted by Gasteiger charge is 2.26. The Hall–Kier alpha value is -2.22. The largest absolute Gasteiger partial charge is 0.332 e. The van der Waals surface area contributed by atoms with Gasteiger partial charge < -0.3 is 4.57 Å². The van der Waals surface area contributed by atoms with Gasteiger partial charge in [0.15, 0.2) is 16.9 Å². The van der Waals surface area contributed by atoms with Gasteiger partial charge >= 0.3 is 5.69 Å². The molecule has 142 valence electrons. The molecule has 0 spiro atoms. The molecule has 2 aromatic heterocycles. The van der Waals surface area contributed by atoms with Crippen LogP contribution in [0.15, 0.2) is 9.59 Å². The number of likely N-dealkylation sites (tertiary alicyclic amines) is 1. The first kappa shape index (κ1) is 18.6. The Kier molecular flexibility index (Phi) is 4.88. The van der Waals surface area contributed by atoms with Crippen molar-refractivity contribution in [3.63, 3.8) is 0 Å². The van der Waals surface area contributed by atoms with Crippen molar-refractivity contribution >= 4 is 16.9 Å². The summed E-state index contributed by atoms with van der Waals surface area (Å²) >= 11 is 0. The molecule has 1 saturated heterocycles. The van der Waals surface area contributed by atoms with E-state index >= 15 is 0 Å². The highest BCUT2D eigenvalue weighted by atomic mass is 16.2. The van der Waals surface area contributed by atoms with Crippen LogP contribution in [0.1, 0.15) is 45.5 Å². The number of rotatable bonds is 4. The van der Waals surface area contributed by atoms with Crippen LogP contribution in [0.4, 0.5) is 0 Å². The second-order valence-electron chi connectivity index (χ2n) is 7.55. The molecule has 1 fully saturated rings. The Labute approximate surface area is 152 Å². The van der Waals surface area contributed by atoms with Crippen LogP contribution < -0.4 is 11.2 Å². The molecule has 0 radical (unpaired) electrons. The number of Topliss-reactive ketones (excluding diaryl/α,β-unsaturated/α-hetero) is 1. The molecular formula is C18H27N5O3. The number of hydrogen-bond acceptors (Lipinski definition) is 5. The fourth-order valence-corrected chi connectivity index (χ4v) is 3.80. The molecular weight excluding hydrogens is 334 g/mol. The van der Waals surface area contributed by atoms with E-state index in [1.54, 1.807) is 18.5 Å². The van der Waals surface area contributed by atoms with Crippen molar-refractivity contribution in [1.29, 1.82) is 0 Å². The number of piperidine rings is 1. The quantitative estimate of drug-likeness (QED) is 0.805. The normalized spacial score (nSPS) is 19.8. The molecule has 0 aliphatic carbocycles. The molecule has 2 atom stereocenters. The SMILES string of the molecule is CC(=O)[C@@H](C)n1c(CN2CCC[C@@H](C)C2)nc2c1c(=O)n(C)c(=O)n2C. The van der Waals surface area contributed by atoms with E-state index in [0.29, 0.717) is 29.5 Å². The molecule has 2 aromatic rings. The van der Waals surface area contributed by atoms with Gasteiger partial charge in [-0.05, 0) is 39.2 Å². The summed E-state index contributed by atoms with van der Waals surface area (Å²) in [4.78, 5) is 44.0. The number of nitrogens with zero attached hydrogens (tertiary/aromatic N) is 5. The summed E-state index contributed by atoms with van der Waals surface area (Å²) in [6.45, 7) is 8.01. The van der Waals surface area contributed by atoms with Crippen molar-refractivity contribution in [3.8, 4) is 0 Å². The second kappa shape index (κ2) is 6.83. The van der Waals surface area contributed by atoms with Gasteiger partial charge in [0.1, 0.15) is 5.82 Å². The summed E-state index contributed by atoms with van der Waals surface area (Å²) in [5, 5.41) is 0. The molecule has 3 heterocycles. The zero-order chi connectivity index (χ0) is 19.2. The van der Waals surface area contributed by atoms with Crippen LogP contribution in [0.25, 0.3) is 11.2 Å². The minimum Gasteiger partial charge on any atom is -0.311 e. The van der Waals surface area contributed by atoms with Gasteiger partial charge in [-0.3, -0.25) is 23.6 Å². The van der Waals surface area contributed by atoms with Crippen LogP contribution in [0.2, 0.25) is 0 Å². The fraction of sp³-hybridized carbons (Fsp3) is 0.667. The van der Waals surface area contributed by atoms with Crippen LogP contribution in [0, 0.1) is 5.92 Å². The average Bonchev–Trinajstić information content (AvgIpc) is 2.96. The lowest BCUT2D eigenvalue weighted by atomic mass is 10.0. The van der Waals surface area contributed by atoms with Gasteiger partial charge in [0.05, 0.1) is 12.6 Å². The van der Waals surface area contributed by atoms with Gasteiger partial charge in [-0.1, -0.05) is 6.92 Å². The number of ketones is 1. The third kappa shape index (κ3) is 3.02. The molecule has 0 unspecified atom stereocenters. The van der Waals surface area contributed by atoms with Crippen molar-refractivity contribution < 1.29 is 4.79 Å². The maximum atomic E-state index is 12.8. The zero-order valence-corrected chi connectivity index (χ0v) is 16.2. The van der Waals surface area contributed by atoms with E-state index in [4.69, 9.17) is 0 Å². The van der Waals surface area contributed by atoms with Crippen molar-refractivity contribution in [1.82, 2.24) is 23.6 Å². The third-order valence-electron chi connectivity index (χ3n) is 5.45. The Morgan fingerprint density at radius 2 is 1.96 bits per heavy atom. The molecule has 0 bridgehead atoms. The van der Waals surface area contributed by atoms with Gasteiger partial charge in [-0.25, -0.2) is 9.78 Å². The molecule has 0 saturated carbocycles. The standard InChI is InChI=1S/C18H27N5O3/c1-11-7-6-8-22(9-11)10-14-19-16-15(23(14)12(2)13(3)24)17(25)21(5)18(26)20(16)4/h11-12H,6-10H2,1-5H3/t11-,12-/m1/s1. The van der Waals surface area contributed by atoms with E-state index in [0.717, 1.165) is 24.1 Å². The summed E-state index contributed by atoms with van der Waals surface area (Å²) in [6.07, 6.45) is 2.34. The van der Waals surface area contributed by atoms with Gasteiger partial charge in [0, 0.05) is 20.6 Å². The molecule has 8 heteroatoms. The molecule has 26 heavy (non-hydrogen) atoms. The second-order valence-corrected chi connectivity index (χ2v) is 7.55. The average molecular weight is 361 g/mol. The van der Waals surface area contributed by atoms with Crippen LogP contribution in [-0.4, -0.2) is 42.5 Å². The fourth-order valence-electron chi connectivity index (χ4n) is 3.80. The lowest BCUT2D eigenvalue weighted by Gasteiger charge is -2.30. The van der Waals surface area contributed by atoms with Gasteiger partial charge in [-0.15, -0.1) is 0 Å². The summed E-state index contributed by atoms with van der Waals surface area (Å²) in [6, 6.07) is -0.512. The molecule has 8 nitrogen and oxygen atoms in total. The number of hydrogen-bond donors (Lipinski definition) is 0. The van der Waals surface area contributed by atoms with Crippen LogP contribution in [0.3, 0.4) is 0 Å². The first-order valence-corrected chi connectivity index (χ1v) is 9.12. The van der Waals surface area contributed by atoms with Crippen molar-refractivity contribution in [3.05, 3.63) is 26.7 Å². The minimum absolute atomic E-state index is 0.0477. The highest BCUT2D eigenvalue weighted by Crippen LogP contribution is 2.22. The maximum Gasteiger partial charge on any atom is 0.332 e. The van der Waals surface area contributed by atoms with E-state index in [-0.39, 0.29) is 5.78 Å². The zero-order valence-electron chi connectivity index (χ0n) is 16.2. The smallest absolute Gasteiger partial charge is 0.311 e. The van der Waals surface area contributed by atoms with E-state index in [9.17, 15) is 14.4 Å². The highest BCUT2D eigenvalue weighted by molar-refractivity contribution is 5.82. The third-order valence-corrected chi connectivity index (χ3v) is 5.45. The number of imidazole rings is 1. The number of carbonyl (C=O) groups excluding carboxylic acids is 1. The maximum absolute atomic E-state index is 12.8. The Morgan fingerprint density at radius 1 is 1.27 bits per heavy atom. The summed E-state index contributed by atoms with van der Waals surface area (Å²) < 4.78 is 4.17. The molecule has 0 amide bonds. The van der Waals surface area contributed by atoms with E-state index in [1.807, 2.05) is 0 Å². The molecule has 1 aliphatic rings. The van der Waals surface area contributed by atoms with Crippen LogP contribution in [0.5, 0.6) is 0 Å². The van der Waals surface area contributed by atoms with E-state index < -0.39 is 17.3 Å². The summed E-state index contributed by atoms with van der Waals surface area (Å²) in [7, 11) is 3.05. The van der Waals surface area contributed by atoms with E-state index in [2.05, 4.69) is 16.8 Å². The predicted molar refractivity (Wildman–Crippen MR) is 99.3 cm³/mol. The lowest BCUT2D eigenvalue weighted by molar-refractivity contribution is -0.119. The molecule has 1 aliphatic heterocycles. The molecule has 0 N–H and O–H groups in total. The minimum atomic E-state index is -0.512. The van der Waals surface area contributed by atoms with Gasteiger partial charge in [0.2, 0.25) is 0 Å². The Balaban J connectivity index is 2.21. The van der Waals surface area contributed by atoms with Crippen LogP contribution in [-0.2, 0) is 25.4 Å². The number of aryl methyl sites for hydroxylation is 1. The van der Waals surface area contributed by atoms with Gasteiger partial charge in [0.25, 0.3) is 5.56 Å². The predicted octanol–water partition coefficient (Wildman–Crippen LogP) is 0.816. The number of aromatic nitrogens is 4.